The van der Waals surface area contributed by atoms with Crippen LogP contribution in [0.15, 0.2) is 30.5 Å². The van der Waals surface area contributed by atoms with Crippen molar-refractivity contribution in [3.63, 3.8) is 0 Å². The van der Waals surface area contributed by atoms with Crippen molar-refractivity contribution in [2.45, 2.75) is 69.9 Å². The predicted octanol–water partition coefficient (Wildman–Crippen LogP) is 4.45. The van der Waals surface area contributed by atoms with E-state index in [9.17, 15) is 9.90 Å². The van der Waals surface area contributed by atoms with E-state index < -0.39 is 5.60 Å². The number of aryl methyl sites for hydroxylation is 2. The molecule has 0 bridgehead atoms. The molecule has 7 nitrogen and oxygen atoms in total. The first kappa shape index (κ1) is 24.2. The number of thiazole rings is 1. The second-order valence-electron chi connectivity index (χ2n) is 10.4. The molecular formula is C29H31N5O2S. The summed E-state index contributed by atoms with van der Waals surface area (Å²) in [6.07, 6.45) is 10.2. The second-order valence-corrected chi connectivity index (χ2v) is 11.4. The van der Waals surface area contributed by atoms with Crippen molar-refractivity contribution in [2.24, 2.45) is 0 Å². The van der Waals surface area contributed by atoms with Gasteiger partial charge in [0, 0.05) is 56.2 Å². The van der Waals surface area contributed by atoms with Crippen molar-refractivity contribution in [3.05, 3.63) is 47.3 Å². The molecule has 2 fully saturated rings. The zero-order valence-corrected chi connectivity index (χ0v) is 21.9. The smallest absolute Gasteiger partial charge is 0.223 e. The zero-order chi connectivity index (χ0) is 25.4. The number of rotatable bonds is 3. The molecule has 1 aliphatic heterocycles. The van der Waals surface area contributed by atoms with Gasteiger partial charge in [-0.1, -0.05) is 48.2 Å². The number of carbonyl (C=O) groups excluding carboxylic acids is 1. The highest BCUT2D eigenvalue weighted by atomic mass is 32.1. The molecule has 37 heavy (non-hydrogen) atoms. The molecule has 1 saturated heterocycles. The Morgan fingerprint density at radius 2 is 2.00 bits per heavy atom. The second kappa shape index (κ2) is 9.97. The zero-order valence-electron chi connectivity index (χ0n) is 21.1. The Morgan fingerprint density at radius 3 is 2.78 bits per heavy atom. The molecule has 190 valence electrons. The first-order chi connectivity index (χ1) is 18.0. The fraction of sp³-hybridized carbons (Fsp3) is 0.448. The topological polar surface area (TPSA) is 91.2 Å². The van der Waals surface area contributed by atoms with Crippen LogP contribution in [0, 0.1) is 11.8 Å². The molecule has 3 aromatic rings. The Kier molecular flexibility index (Phi) is 6.53. The lowest BCUT2D eigenvalue weighted by Gasteiger charge is -2.38. The van der Waals surface area contributed by atoms with E-state index in [4.69, 9.17) is 4.98 Å². The summed E-state index contributed by atoms with van der Waals surface area (Å²) in [5.41, 5.74) is 3.75. The first-order valence-corrected chi connectivity index (χ1v) is 14.0. The number of benzene rings is 1. The molecule has 2 N–H and O–H groups in total. The first-order valence-electron chi connectivity index (χ1n) is 13.2. The average Bonchev–Trinajstić information content (AvgIpc) is 3.58. The van der Waals surface area contributed by atoms with Crippen LogP contribution in [0.4, 0.5) is 5.13 Å². The lowest BCUT2D eigenvalue weighted by atomic mass is 9.90. The molecule has 0 radical (unpaired) electrons. The van der Waals surface area contributed by atoms with Gasteiger partial charge in [-0.05, 0) is 43.4 Å². The molecule has 0 atom stereocenters. The molecule has 6 rings (SSSR count). The number of hydrogen-bond donors (Lipinski definition) is 2. The van der Waals surface area contributed by atoms with Crippen LogP contribution in [-0.4, -0.2) is 55.6 Å². The quantitative estimate of drug-likeness (QED) is 0.503. The van der Waals surface area contributed by atoms with Crippen molar-refractivity contribution in [2.75, 3.05) is 18.4 Å². The Labute approximate surface area is 221 Å². The Bertz CT molecular complexity index is 1390. The van der Waals surface area contributed by atoms with Crippen molar-refractivity contribution < 1.29 is 9.90 Å². The van der Waals surface area contributed by atoms with Gasteiger partial charge >= 0.3 is 0 Å². The fourth-order valence-electron chi connectivity index (χ4n) is 5.67. The highest BCUT2D eigenvalue weighted by Gasteiger charge is 2.34. The Balaban J connectivity index is 1.21. The summed E-state index contributed by atoms with van der Waals surface area (Å²) in [5.74, 6) is 6.91. The molecule has 0 spiro atoms. The van der Waals surface area contributed by atoms with Crippen LogP contribution in [0.25, 0.3) is 22.0 Å². The number of piperidine rings is 1. The van der Waals surface area contributed by atoms with Crippen LogP contribution >= 0.6 is 11.3 Å². The van der Waals surface area contributed by atoms with Gasteiger partial charge in [0.1, 0.15) is 5.60 Å². The van der Waals surface area contributed by atoms with E-state index in [1.807, 2.05) is 30.5 Å². The number of hydrogen-bond acceptors (Lipinski definition) is 7. The number of anilines is 1. The van der Waals surface area contributed by atoms with Gasteiger partial charge in [-0.15, -0.1) is 0 Å². The highest BCUT2D eigenvalue weighted by Crippen LogP contribution is 2.39. The number of carbonyl (C=O) groups is 1. The number of amides is 1. The largest absolute Gasteiger partial charge is 0.377 e. The van der Waals surface area contributed by atoms with Gasteiger partial charge in [0.15, 0.2) is 11.0 Å². The van der Waals surface area contributed by atoms with Crippen molar-refractivity contribution >= 4 is 22.4 Å². The van der Waals surface area contributed by atoms with Crippen LogP contribution < -0.4 is 5.32 Å². The van der Waals surface area contributed by atoms with E-state index in [-0.39, 0.29) is 5.91 Å². The molecule has 2 aliphatic carbocycles. The fourth-order valence-corrected chi connectivity index (χ4v) is 6.75. The maximum Gasteiger partial charge on any atom is 0.223 e. The standard InChI is InChI=1S/C29H31N5O2S/c1-19(35)31-28-32-24-10-9-22-18-30-27(33-25(22)26(24)37-28)21-6-4-5-20(17-21)11-12-29(36)13-15-34(16-14-29)23-7-2-3-8-23/h4-6,17-18,23,36H,2-3,7-10,13-16H2,1H3,(H,31,32,35). The van der Waals surface area contributed by atoms with Crippen LogP contribution in [0.5, 0.6) is 0 Å². The van der Waals surface area contributed by atoms with Crippen molar-refractivity contribution in [1.29, 1.82) is 0 Å². The summed E-state index contributed by atoms with van der Waals surface area (Å²) in [4.78, 5) is 29.2. The van der Waals surface area contributed by atoms with Gasteiger partial charge in [-0.2, -0.15) is 0 Å². The predicted molar refractivity (Wildman–Crippen MR) is 145 cm³/mol. The molecule has 8 heteroatoms. The summed E-state index contributed by atoms with van der Waals surface area (Å²) in [7, 11) is 0. The summed E-state index contributed by atoms with van der Waals surface area (Å²) >= 11 is 1.46. The summed E-state index contributed by atoms with van der Waals surface area (Å²) in [6, 6.07) is 8.60. The minimum Gasteiger partial charge on any atom is -0.377 e. The van der Waals surface area contributed by atoms with Gasteiger partial charge in [0.05, 0.1) is 16.3 Å². The number of fused-ring (bicyclic) bond motifs is 3. The van der Waals surface area contributed by atoms with Gasteiger partial charge in [-0.3, -0.25) is 4.79 Å². The van der Waals surface area contributed by atoms with E-state index in [1.165, 1.54) is 43.9 Å². The molecule has 2 aromatic heterocycles. The third-order valence-electron chi connectivity index (χ3n) is 7.72. The minimum atomic E-state index is -0.929. The van der Waals surface area contributed by atoms with Gasteiger partial charge in [0.25, 0.3) is 0 Å². The van der Waals surface area contributed by atoms with Crippen LogP contribution in [0.1, 0.15) is 62.3 Å². The summed E-state index contributed by atoms with van der Waals surface area (Å²) in [6.45, 7) is 3.33. The van der Waals surface area contributed by atoms with Crippen LogP contribution in [-0.2, 0) is 17.6 Å². The number of aliphatic hydroxyl groups is 1. The Morgan fingerprint density at radius 1 is 1.19 bits per heavy atom. The lowest BCUT2D eigenvalue weighted by Crippen LogP contribution is -2.47. The minimum absolute atomic E-state index is 0.128. The van der Waals surface area contributed by atoms with Gasteiger partial charge < -0.3 is 15.3 Å². The monoisotopic (exact) mass is 513 g/mol. The van der Waals surface area contributed by atoms with Crippen LogP contribution in [0.3, 0.4) is 0 Å². The average molecular weight is 514 g/mol. The highest BCUT2D eigenvalue weighted by molar-refractivity contribution is 7.19. The number of likely N-dealkylation sites (tertiary alicyclic amines) is 1. The molecule has 1 amide bonds. The van der Waals surface area contributed by atoms with Crippen molar-refractivity contribution in [1.82, 2.24) is 19.9 Å². The normalized spacial score (nSPS) is 19.0. The third kappa shape index (κ3) is 5.17. The van der Waals surface area contributed by atoms with E-state index in [0.717, 1.165) is 58.9 Å². The number of nitrogens with one attached hydrogen (secondary N) is 1. The molecular weight excluding hydrogens is 482 g/mol. The molecule has 3 heterocycles. The van der Waals surface area contributed by atoms with Crippen molar-refractivity contribution in [3.8, 4) is 33.8 Å². The van der Waals surface area contributed by atoms with Crippen LogP contribution in [0.2, 0.25) is 0 Å². The molecule has 3 aliphatic rings. The molecule has 0 unspecified atom stereocenters. The summed E-state index contributed by atoms with van der Waals surface area (Å²) in [5, 5.41) is 14.5. The number of aromatic nitrogens is 3. The number of nitrogens with zero attached hydrogens (tertiary/aromatic N) is 4. The molecule has 1 aromatic carbocycles. The van der Waals surface area contributed by atoms with Gasteiger partial charge in [-0.25, -0.2) is 15.0 Å². The van der Waals surface area contributed by atoms with E-state index in [2.05, 4.69) is 32.0 Å². The maximum absolute atomic E-state index is 11.5. The van der Waals surface area contributed by atoms with E-state index >= 15 is 0 Å². The lowest BCUT2D eigenvalue weighted by molar-refractivity contribution is -0.114. The molecule has 1 saturated carbocycles. The third-order valence-corrected chi connectivity index (χ3v) is 8.74. The van der Waals surface area contributed by atoms with Gasteiger partial charge in [0.2, 0.25) is 5.91 Å². The maximum atomic E-state index is 11.5. The summed E-state index contributed by atoms with van der Waals surface area (Å²) < 4.78 is 0. The van der Waals surface area contributed by atoms with E-state index in [1.54, 1.807) is 0 Å². The van der Waals surface area contributed by atoms with E-state index in [0.29, 0.717) is 29.8 Å². The SMILES string of the molecule is CC(=O)Nc1nc2c(s1)-c1nc(-c3cccc(C#CC4(O)CCN(C5CCCC5)CC4)c3)ncc1CC2. The Hall–Kier alpha value is -3.12.